The Balaban J connectivity index is 0.000000202. The molecule has 1 saturated carbocycles. The minimum Gasteiger partial charge on any atom is -0.466 e. The number of piperidine rings is 1. The molecule has 5 nitrogen and oxygen atoms in total. The molecule has 36 heavy (non-hydrogen) atoms. The van der Waals surface area contributed by atoms with Crippen LogP contribution >= 0.6 is 0 Å². The Hall–Kier alpha value is -2.02. The smallest absolute Gasteiger partial charge is 0.312 e. The van der Waals surface area contributed by atoms with E-state index in [1.54, 1.807) is 11.0 Å². The summed E-state index contributed by atoms with van der Waals surface area (Å²) < 4.78 is 31.9. The van der Waals surface area contributed by atoms with Gasteiger partial charge in [0.25, 0.3) is 0 Å². The van der Waals surface area contributed by atoms with E-state index < -0.39 is 11.6 Å². The van der Waals surface area contributed by atoms with Gasteiger partial charge < -0.3 is 9.64 Å². The Kier molecular flexibility index (Phi) is 9.90. The van der Waals surface area contributed by atoms with Gasteiger partial charge in [-0.3, -0.25) is 14.5 Å². The minimum absolute atomic E-state index is 0.0209. The molecular formula is C29H44F2N2O3. The Bertz CT molecular complexity index is 872. The highest BCUT2D eigenvalue weighted by atomic mass is 19.1. The lowest BCUT2D eigenvalue weighted by atomic mass is 9.64. The van der Waals surface area contributed by atoms with Crippen molar-refractivity contribution < 1.29 is 23.1 Å². The fourth-order valence-electron chi connectivity index (χ4n) is 6.19. The van der Waals surface area contributed by atoms with Crippen LogP contribution in [0.4, 0.5) is 8.78 Å². The largest absolute Gasteiger partial charge is 0.466 e. The maximum Gasteiger partial charge on any atom is 0.312 e. The number of hydrogen-bond donors (Lipinski definition) is 0. The first-order chi connectivity index (χ1) is 17.1. The number of ether oxygens (including phenoxy) is 1. The Morgan fingerprint density at radius 2 is 1.75 bits per heavy atom. The van der Waals surface area contributed by atoms with Gasteiger partial charge >= 0.3 is 5.97 Å². The van der Waals surface area contributed by atoms with Crippen molar-refractivity contribution in [3.63, 3.8) is 0 Å². The Labute approximate surface area is 215 Å². The molecule has 0 spiro atoms. The summed E-state index contributed by atoms with van der Waals surface area (Å²) in [6.45, 7) is 12.0. The van der Waals surface area contributed by atoms with E-state index in [0.717, 1.165) is 57.7 Å². The van der Waals surface area contributed by atoms with Crippen LogP contribution in [0.5, 0.6) is 0 Å². The van der Waals surface area contributed by atoms with Crippen molar-refractivity contribution in [3.05, 3.63) is 35.4 Å². The third-order valence-corrected chi connectivity index (χ3v) is 8.45. The number of esters is 1. The molecule has 0 bridgehead atoms. The van der Waals surface area contributed by atoms with Crippen LogP contribution in [0.15, 0.2) is 18.2 Å². The monoisotopic (exact) mass is 506 g/mol. The molecule has 0 aromatic heterocycles. The molecule has 7 heteroatoms. The summed E-state index contributed by atoms with van der Waals surface area (Å²) in [5.74, 6) is -0.293. The lowest BCUT2D eigenvalue weighted by molar-refractivity contribution is -0.165. The highest BCUT2D eigenvalue weighted by Gasteiger charge is 2.48. The summed E-state index contributed by atoms with van der Waals surface area (Å²) in [6.07, 6.45) is 9.41. The lowest BCUT2D eigenvalue weighted by Gasteiger charge is -2.45. The van der Waals surface area contributed by atoms with E-state index in [1.807, 2.05) is 6.92 Å². The van der Waals surface area contributed by atoms with Crippen molar-refractivity contribution in [2.75, 3.05) is 32.8 Å². The predicted octanol–water partition coefficient (Wildman–Crippen LogP) is 5.92. The molecule has 2 heterocycles. The van der Waals surface area contributed by atoms with E-state index in [1.165, 1.54) is 25.3 Å². The number of carbonyl (C=O) groups excluding carboxylic acids is 2. The molecule has 0 unspecified atom stereocenters. The molecule has 2 aliphatic heterocycles. The fourth-order valence-corrected chi connectivity index (χ4v) is 6.19. The zero-order chi connectivity index (χ0) is 26.3. The van der Waals surface area contributed by atoms with Gasteiger partial charge in [-0.1, -0.05) is 25.3 Å². The van der Waals surface area contributed by atoms with E-state index in [-0.39, 0.29) is 22.8 Å². The number of likely N-dealkylation sites (tertiary alicyclic amines) is 2. The normalized spacial score (nSPS) is 23.1. The van der Waals surface area contributed by atoms with Crippen LogP contribution in [0.2, 0.25) is 0 Å². The molecule has 1 aromatic carbocycles. The van der Waals surface area contributed by atoms with E-state index in [9.17, 15) is 18.4 Å². The van der Waals surface area contributed by atoms with Crippen molar-refractivity contribution in [2.24, 2.45) is 11.3 Å². The van der Waals surface area contributed by atoms with Crippen LogP contribution < -0.4 is 0 Å². The van der Waals surface area contributed by atoms with Gasteiger partial charge in [-0.2, -0.15) is 0 Å². The van der Waals surface area contributed by atoms with E-state index in [2.05, 4.69) is 25.7 Å². The summed E-state index contributed by atoms with van der Waals surface area (Å²) in [5.41, 5.74) is 0.444. The molecule has 0 N–H and O–H groups in total. The second-order valence-corrected chi connectivity index (χ2v) is 11.6. The molecule has 4 rings (SSSR count). The summed E-state index contributed by atoms with van der Waals surface area (Å²) in [5, 5.41) is 0. The van der Waals surface area contributed by atoms with Gasteiger partial charge in [-0.05, 0) is 83.9 Å². The van der Waals surface area contributed by atoms with Crippen LogP contribution in [0.25, 0.3) is 0 Å². The molecular weight excluding hydrogens is 462 g/mol. The van der Waals surface area contributed by atoms with E-state index >= 15 is 0 Å². The molecule has 1 amide bonds. The Morgan fingerprint density at radius 3 is 2.28 bits per heavy atom. The lowest BCUT2D eigenvalue weighted by Crippen LogP contribution is -2.49. The van der Waals surface area contributed by atoms with Gasteiger partial charge in [0.15, 0.2) is 0 Å². The van der Waals surface area contributed by atoms with E-state index in [0.29, 0.717) is 31.2 Å². The van der Waals surface area contributed by atoms with Crippen molar-refractivity contribution in [1.29, 1.82) is 0 Å². The van der Waals surface area contributed by atoms with Crippen molar-refractivity contribution >= 4 is 12.4 Å². The number of nitrogens with zero attached hydrogens (tertiary/aromatic N) is 2. The number of amides is 1. The first-order valence-electron chi connectivity index (χ1n) is 13.7. The molecule has 3 aliphatic rings. The maximum atomic E-state index is 13.7. The zero-order valence-corrected chi connectivity index (χ0v) is 22.5. The topological polar surface area (TPSA) is 49.9 Å². The molecule has 2 saturated heterocycles. The van der Waals surface area contributed by atoms with Crippen LogP contribution in [0.3, 0.4) is 0 Å². The zero-order valence-electron chi connectivity index (χ0n) is 22.5. The van der Waals surface area contributed by atoms with Gasteiger partial charge in [0, 0.05) is 37.2 Å². The van der Waals surface area contributed by atoms with Gasteiger partial charge in [0.1, 0.15) is 11.6 Å². The molecule has 1 aromatic rings. The Morgan fingerprint density at radius 1 is 1.08 bits per heavy atom. The quantitative estimate of drug-likeness (QED) is 0.367. The number of hydrogen-bond acceptors (Lipinski definition) is 4. The van der Waals surface area contributed by atoms with Crippen LogP contribution in [-0.4, -0.2) is 60.5 Å². The second-order valence-electron chi connectivity index (χ2n) is 11.6. The number of halogens is 2. The summed E-state index contributed by atoms with van der Waals surface area (Å²) in [6, 6.07) is 3.91. The highest BCUT2D eigenvalue weighted by Crippen LogP contribution is 2.46. The first kappa shape index (κ1) is 28.5. The maximum absolute atomic E-state index is 13.7. The third kappa shape index (κ3) is 6.84. The standard InChI is InChI=1S/C15H25NO3.C14H19F2N/c1-2-19-14(18)15(13-6-4-3-5-7-13)8-10-16(12-17)11-9-15;1-14(2,3)17-7-6-10(9-17)12-5-4-11(15)8-13(12)16/h12-13H,2-11H2,1H3;4-5,8,10H,6-7,9H2,1-3H3/t;10-/m.0/s1. The van der Waals surface area contributed by atoms with Gasteiger partial charge in [-0.25, -0.2) is 8.78 Å². The van der Waals surface area contributed by atoms with Crippen molar-refractivity contribution in [1.82, 2.24) is 9.80 Å². The summed E-state index contributed by atoms with van der Waals surface area (Å²) >= 11 is 0. The van der Waals surface area contributed by atoms with Gasteiger partial charge in [-0.15, -0.1) is 0 Å². The number of carbonyl (C=O) groups is 2. The van der Waals surface area contributed by atoms with E-state index in [4.69, 9.17) is 4.74 Å². The minimum atomic E-state index is -0.503. The molecule has 1 atom stereocenters. The van der Waals surface area contributed by atoms with Crippen LogP contribution in [0.1, 0.15) is 90.5 Å². The highest BCUT2D eigenvalue weighted by molar-refractivity contribution is 5.77. The first-order valence-corrected chi connectivity index (χ1v) is 13.7. The number of benzene rings is 1. The van der Waals surface area contributed by atoms with Crippen molar-refractivity contribution in [3.8, 4) is 0 Å². The van der Waals surface area contributed by atoms with Gasteiger partial charge in [0.05, 0.1) is 12.0 Å². The van der Waals surface area contributed by atoms with Gasteiger partial charge in [0.2, 0.25) is 6.41 Å². The third-order valence-electron chi connectivity index (χ3n) is 8.45. The second kappa shape index (κ2) is 12.5. The number of rotatable bonds is 5. The average Bonchev–Trinajstić information content (AvgIpc) is 3.36. The molecule has 1 aliphatic carbocycles. The average molecular weight is 507 g/mol. The summed E-state index contributed by atoms with van der Waals surface area (Å²) in [7, 11) is 0. The fraction of sp³-hybridized carbons (Fsp3) is 0.724. The van der Waals surface area contributed by atoms with Crippen LogP contribution in [0, 0.1) is 23.0 Å². The predicted molar refractivity (Wildman–Crippen MR) is 138 cm³/mol. The molecule has 202 valence electrons. The summed E-state index contributed by atoms with van der Waals surface area (Å²) in [4.78, 5) is 27.5. The van der Waals surface area contributed by atoms with Crippen LogP contribution in [-0.2, 0) is 14.3 Å². The SMILES string of the molecule is CC(C)(C)N1CC[C@H](c2ccc(F)cc2F)C1.CCOC(=O)C1(C2CCCCC2)CCN(C=O)CC1. The van der Waals surface area contributed by atoms with Crippen molar-refractivity contribution in [2.45, 2.75) is 90.5 Å². The molecule has 0 radical (unpaired) electrons. The molecule has 3 fully saturated rings.